The topological polar surface area (TPSA) is 129 Å². The van der Waals surface area contributed by atoms with Crippen LogP contribution in [0.15, 0.2) is 42.5 Å². The number of hydrogen-bond donors (Lipinski definition) is 3. The molecule has 2 aliphatic rings. The van der Waals surface area contributed by atoms with Crippen LogP contribution in [0.5, 0.6) is 0 Å². The van der Waals surface area contributed by atoms with Crippen LogP contribution >= 0.6 is 0 Å². The maximum atomic E-state index is 13.4. The molecule has 3 heterocycles. The van der Waals surface area contributed by atoms with Gasteiger partial charge in [-0.2, -0.15) is 0 Å². The SMILES string of the molecule is Cc1nc(N)ccc1CNC(=O)[C@@H]1CCN1C(=O)[C@H]1C[C@@H](c2ccccc2)CCN1C(=O)O. The van der Waals surface area contributed by atoms with Crippen LogP contribution in [0, 0.1) is 6.92 Å². The van der Waals surface area contributed by atoms with Crippen LogP contribution in [-0.2, 0) is 16.1 Å². The first-order valence-electron chi connectivity index (χ1n) is 11.2. The number of rotatable bonds is 5. The first-order chi connectivity index (χ1) is 15.8. The monoisotopic (exact) mass is 451 g/mol. The minimum absolute atomic E-state index is 0.102. The Morgan fingerprint density at radius 2 is 1.79 bits per heavy atom. The first-order valence-corrected chi connectivity index (χ1v) is 11.2. The molecule has 0 spiro atoms. The summed E-state index contributed by atoms with van der Waals surface area (Å²) in [4.78, 5) is 44.9. The molecule has 2 saturated heterocycles. The fourth-order valence-corrected chi connectivity index (χ4v) is 4.67. The number of pyridine rings is 1. The zero-order valence-corrected chi connectivity index (χ0v) is 18.6. The number of nitrogens with two attached hydrogens (primary N) is 1. The van der Waals surface area contributed by atoms with Crippen molar-refractivity contribution < 1.29 is 19.5 Å². The number of hydrogen-bond acceptors (Lipinski definition) is 5. The number of anilines is 1. The van der Waals surface area contributed by atoms with Gasteiger partial charge in [-0.3, -0.25) is 14.5 Å². The van der Waals surface area contributed by atoms with Gasteiger partial charge in [-0.05, 0) is 49.3 Å². The van der Waals surface area contributed by atoms with E-state index >= 15 is 0 Å². The van der Waals surface area contributed by atoms with Crippen LogP contribution in [0.3, 0.4) is 0 Å². The summed E-state index contributed by atoms with van der Waals surface area (Å²) in [6.07, 6.45) is 0.529. The van der Waals surface area contributed by atoms with Gasteiger partial charge in [0.15, 0.2) is 0 Å². The van der Waals surface area contributed by atoms with E-state index in [-0.39, 0.29) is 24.3 Å². The van der Waals surface area contributed by atoms with Crippen LogP contribution in [0.25, 0.3) is 0 Å². The number of likely N-dealkylation sites (tertiary alicyclic amines) is 2. The van der Waals surface area contributed by atoms with Crippen LogP contribution < -0.4 is 11.1 Å². The number of carbonyl (C=O) groups excluding carboxylic acids is 2. The van der Waals surface area contributed by atoms with Crippen molar-refractivity contribution in [2.24, 2.45) is 0 Å². The number of aromatic nitrogens is 1. The summed E-state index contributed by atoms with van der Waals surface area (Å²) in [6, 6.07) is 12.0. The van der Waals surface area contributed by atoms with Gasteiger partial charge in [0, 0.05) is 25.3 Å². The van der Waals surface area contributed by atoms with Gasteiger partial charge in [0.1, 0.15) is 17.9 Å². The third-order valence-electron chi connectivity index (χ3n) is 6.68. The fourth-order valence-electron chi connectivity index (χ4n) is 4.67. The molecule has 0 unspecified atom stereocenters. The molecule has 2 aliphatic heterocycles. The zero-order chi connectivity index (χ0) is 23.5. The second kappa shape index (κ2) is 9.48. The Balaban J connectivity index is 1.42. The van der Waals surface area contributed by atoms with Gasteiger partial charge >= 0.3 is 6.09 Å². The smallest absolute Gasteiger partial charge is 0.407 e. The predicted molar refractivity (Wildman–Crippen MR) is 122 cm³/mol. The van der Waals surface area contributed by atoms with Crippen molar-refractivity contribution in [2.45, 2.75) is 50.7 Å². The van der Waals surface area contributed by atoms with E-state index in [0.29, 0.717) is 38.2 Å². The van der Waals surface area contributed by atoms with Crippen LogP contribution in [0.1, 0.15) is 42.0 Å². The highest BCUT2D eigenvalue weighted by Gasteiger charge is 2.45. The lowest BCUT2D eigenvalue weighted by Gasteiger charge is -2.45. The summed E-state index contributed by atoms with van der Waals surface area (Å²) in [5.74, 6) is -0.0224. The van der Waals surface area contributed by atoms with Gasteiger partial charge in [-0.15, -0.1) is 0 Å². The van der Waals surface area contributed by atoms with Gasteiger partial charge in [0.05, 0.1) is 0 Å². The normalized spacial score (nSPS) is 22.4. The molecule has 3 atom stereocenters. The molecule has 1 aromatic heterocycles. The van der Waals surface area contributed by atoms with Gasteiger partial charge in [0.2, 0.25) is 11.8 Å². The number of amides is 3. The number of nitrogens with one attached hydrogen (secondary N) is 1. The Labute approximate surface area is 192 Å². The van der Waals surface area contributed by atoms with E-state index in [0.717, 1.165) is 16.8 Å². The van der Waals surface area contributed by atoms with E-state index < -0.39 is 18.2 Å². The molecule has 0 saturated carbocycles. The van der Waals surface area contributed by atoms with E-state index in [9.17, 15) is 19.5 Å². The molecule has 0 aliphatic carbocycles. The molecule has 0 bridgehead atoms. The number of benzene rings is 1. The Kier molecular flexibility index (Phi) is 6.48. The Hall–Kier alpha value is -3.62. The molecule has 4 N–H and O–H groups in total. The molecule has 174 valence electrons. The molecule has 9 heteroatoms. The molecule has 3 amide bonds. The molecule has 0 radical (unpaired) electrons. The second-order valence-electron chi connectivity index (χ2n) is 8.66. The Morgan fingerprint density at radius 1 is 1.06 bits per heavy atom. The lowest BCUT2D eigenvalue weighted by molar-refractivity contribution is -0.152. The number of carboxylic acid groups (broad SMARTS) is 1. The summed E-state index contributed by atoms with van der Waals surface area (Å²) in [7, 11) is 0. The number of carbonyl (C=O) groups is 3. The zero-order valence-electron chi connectivity index (χ0n) is 18.6. The average Bonchev–Trinajstić information content (AvgIpc) is 2.78. The molecule has 9 nitrogen and oxygen atoms in total. The van der Waals surface area contributed by atoms with Crippen LogP contribution in [0.4, 0.5) is 10.6 Å². The van der Waals surface area contributed by atoms with E-state index in [1.807, 2.05) is 43.3 Å². The van der Waals surface area contributed by atoms with Crippen molar-refractivity contribution >= 4 is 23.7 Å². The maximum Gasteiger partial charge on any atom is 0.407 e. The predicted octanol–water partition coefficient (Wildman–Crippen LogP) is 2.12. The van der Waals surface area contributed by atoms with E-state index in [2.05, 4.69) is 10.3 Å². The van der Waals surface area contributed by atoms with Crippen molar-refractivity contribution in [2.75, 3.05) is 18.8 Å². The molecular formula is C24H29N5O4. The third-order valence-corrected chi connectivity index (χ3v) is 6.68. The lowest BCUT2D eigenvalue weighted by Crippen LogP contribution is -2.63. The highest BCUT2D eigenvalue weighted by Crippen LogP contribution is 2.34. The highest BCUT2D eigenvalue weighted by molar-refractivity contribution is 5.92. The molecule has 33 heavy (non-hydrogen) atoms. The number of aryl methyl sites for hydroxylation is 1. The first kappa shape index (κ1) is 22.6. The standard InChI is InChI=1S/C24H29N5O4/c1-15-18(7-8-21(25)27-15)14-26-22(30)19-10-12-28(19)23(31)20-13-17(9-11-29(20)24(32)33)16-5-3-2-4-6-16/h2-8,17,19-20H,9-14H2,1H3,(H2,25,27)(H,26,30)(H,32,33)/t17-,19-,20+/m0/s1. The van der Waals surface area contributed by atoms with Crippen molar-refractivity contribution in [3.8, 4) is 0 Å². The third kappa shape index (κ3) is 4.76. The van der Waals surface area contributed by atoms with Crippen molar-refractivity contribution in [3.05, 3.63) is 59.3 Å². The van der Waals surface area contributed by atoms with E-state index in [1.165, 1.54) is 9.80 Å². The Bertz CT molecular complexity index is 1040. The maximum absolute atomic E-state index is 13.4. The Morgan fingerprint density at radius 3 is 2.42 bits per heavy atom. The largest absolute Gasteiger partial charge is 0.465 e. The molecular weight excluding hydrogens is 422 g/mol. The summed E-state index contributed by atoms with van der Waals surface area (Å²) in [5, 5.41) is 12.6. The van der Waals surface area contributed by atoms with Crippen LogP contribution in [0.2, 0.25) is 0 Å². The van der Waals surface area contributed by atoms with Gasteiger partial charge in [-0.25, -0.2) is 9.78 Å². The summed E-state index contributed by atoms with van der Waals surface area (Å²) in [5.41, 5.74) is 8.37. The minimum Gasteiger partial charge on any atom is -0.465 e. The van der Waals surface area contributed by atoms with Gasteiger partial charge < -0.3 is 21.1 Å². The highest BCUT2D eigenvalue weighted by atomic mass is 16.4. The van der Waals surface area contributed by atoms with Crippen molar-refractivity contribution in [3.63, 3.8) is 0 Å². The number of piperidine rings is 1. The minimum atomic E-state index is -1.10. The van der Waals surface area contributed by atoms with Gasteiger partial charge in [-0.1, -0.05) is 36.4 Å². The van der Waals surface area contributed by atoms with E-state index in [1.54, 1.807) is 6.07 Å². The van der Waals surface area contributed by atoms with Crippen molar-refractivity contribution in [1.29, 1.82) is 0 Å². The molecule has 4 rings (SSSR count). The fraction of sp³-hybridized carbons (Fsp3) is 0.417. The van der Waals surface area contributed by atoms with Gasteiger partial charge in [0.25, 0.3) is 0 Å². The summed E-state index contributed by atoms with van der Waals surface area (Å²) in [6.45, 7) is 2.85. The lowest BCUT2D eigenvalue weighted by atomic mass is 9.84. The van der Waals surface area contributed by atoms with E-state index in [4.69, 9.17) is 5.73 Å². The average molecular weight is 452 g/mol. The number of nitrogen functional groups attached to an aromatic ring is 1. The number of nitrogens with zero attached hydrogens (tertiary/aromatic N) is 3. The molecule has 2 aromatic rings. The van der Waals surface area contributed by atoms with Crippen molar-refractivity contribution in [1.82, 2.24) is 20.1 Å². The molecule has 1 aromatic carbocycles. The quantitative estimate of drug-likeness (QED) is 0.639. The summed E-state index contributed by atoms with van der Waals surface area (Å²) < 4.78 is 0. The second-order valence-corrected chi connectivity index (χ2v) is 8.66. The van der Waals surface area contributed by atoms with Crippen LogP contribution in [-0.4, -0.2) is 63.0 Å². The molecule has 2 fully saturated rings. The summed E-state index contributed by atoms with van der Waals surface area (Å²) >= 11 is 0.